The summed E-state index contributed by atoms with van der Waals surface area (Å²) >= 11 is 0. The van der Waals surface area contributed by atoms with Gasteiger partial charge in [-0.1, -0.05) is 48.9 Å². The Balaban J connectivity index is 1.65. The number of furan rings is 1. The summed E-state index contributed by atoms with van der Waals surface area (Å²) in [5.41, 5.74) is 6.19. The summed E-state index contributed by atoms with van der Waals surface area (Å²) in [4.78, 5) is 28.6. The molecule has 3 aromatic carbocycles. The van der Waals surface area contributed by atoms with Gasteiger partial charge in [-0.2, -0.15) is 5.26 Å². The van der Waals surface area contributed by atoms with Crippen LogP contribution in [0.5, 0.6) is 0 Å². The molecule has 1 amide bonds. The van der Waals surface area contributed by atoms with Gasteiger partial charge in [0.2, 0.25) is 0 Å². The minimum absolute atomic E-state index is 0.0236. The number of nitrogens with one attached hydrogen (secondary N) is 1. The number of aryl methyl sites for hydroxylation is 1. The molecule has 1 aliphatic rings. The second-order valence-corrected chi connectivity index (χ2v) is 10.6. The maximum Gasteiger partial charge on any atom is 0.251 e. The molecule has 0 atom stereocenters. The number of carbonyl (C=O) groups excluding carboxylic acids is 2. The molecule has 0 bridgehead atoms. The van der Waals surface area contributed by atoms with E-state index in [2.05, 4.69) is 30.1 Å². The van der Waals surface area contributed by atoms with E-state index in [1.807, 2.05) is 68.4 Å². The number of carbonyl (C=O) groups is 2. The van der Waals surface area contributed by atoms with Crippen molar-refractivity contribution in [3.8, 4) is 28.5 Å². The third-order valence-corrected chi connectivity index (χ3v) is 7.94. The number of nitrogens with zero attached hydrogens (tertiary/aromatic N) is 2. The van der Waals surface area contributed by atoms with Crippen molar-refractivity contribution in [3.63, 3.8) is 0 Å². The molecule has 1 N–H and O–H groups in total. The number of Topliss-reactive ketones (excluding diaryl/α,β-unsaturated/α-hetero) is 1. The minimum Gasteiger partial charge on any atom is -0.455 e. The number of hydrogen-bond acceptors (Lipinski definition) is 5. The summed E-state index contributed by atoms with van der Waals surface area (Å²) in [7, 11) is 0. The number of hydrogen-bond donors (Lipinski definition) is 1. The molecule has 6 nitrogen and oxygen atoms in total. The Morgan fingerprint density at radius 3 is 2.35 bits per heavy atom. The number of rotatable bonds is 10. The summed E-state index contributed by atoms with van der Waals surface area (Å²) in [6, 6.07) is 22.0. The van der Waals surface area contributed by atoms with E-state index < -0.39 is 5.41 Å². The van der Waals surface area contributed by atoms with Crippen LogP contribution in [0.25, 0.3) is 33.4 Å². The van der Waals surface area contributed by atoms with Gasteiger partial charge in [-0.15, -0.1) is 0 Å². The van der Waals surface area contributed by atoms with Gasteiger partial charge in [0, 0.05) is 59.9 Å². The Bertz CT molecular complexity index is 1620. The zero-order valence-corrected chi connectivity index (χ0v) is 23.6. The standard InChI is InChI=1S/C34H35N3O3/c1-5-29(38)31-27-18-26(24-9-8-10-25(17-24)33(39)36-21-34(20-35)15-16-34)28(37(6-2)7-3)19-30(27)40-32(31)23-13-11-22(4)12-14-23/h8-14,17-19H,5-7,15-16,21H2,1-4H3,(H,36,39). The fourth-order valence-corrected chi connectivity index (χ4v) is 5.21. The first kappa shape index (κ1) is 27.2. The van der Waals surface area contributed by atoms with Gasteiger partial charge in [-0.05, 0) is 57.4 Å². The van der Waals surface area contributed by atoms with Crippen molar-refractivity contribution in [1.29, 1.82) is 5.26 Å². The predicted octanol–water partition coefficient (Wildman–Crippen LogP) is 7.55. The smallest absolute Gasteiger partial charge is 0.251 e. The molecule has 6 heteroatoms. The van der Waals surface area contributed by atoms with Gasteiger partial charge in [0.25, 0.3) is 5.91 Å². The van der Waals surface area contributed by atoms with Crippen LogP contribution in [0.3, 0.4) is 0 Å². The Morgan fingerprint density at radius 2 is 1.73 bits per heavy atom. The maximum atomic E-state index is 13.3. The van der Waals surface area contributed by atoms with E-state index in [-0.39, 0.29) is 11.7 Å². The van der Waals surface area contributed by atoms with Crippen LogP contribution in [0, 0.1) is 23.7 Å². The number of fused-ring (bicyclic) bond motifs is 1. The SMILES string of the molecule is CCC(=O)c1c(-c2ccc(C)cc2)oc2cc(N(CC)CC)c(-c3cccc(C(=O)NCC4(C#N)CC4)c3)cc12. The Morgan fingerprint density at radius 1 is 1.00 bits per heavy atom. The molecule has 0 spiro atoms. The van der Waals surface area contributed by atoms with Crippen LogP contribution in [-0.2, 0) is 0 Å². The number of nitriles is 1. The molecule has 204 valence electrons. The molecule has 0 radical (unpaired) electrons. The number of anilines is 1. The molecule has 1 saturated carbocycles. The molecule has 1 aliphatic carbocycles. The molecule has 4 aromatic rings. The van der Waals surface area contributed by atoms with Crippen LogP contribution in [0.4, 0.5) is 5.69 Å². The number of ketones is 1. The van der Waals surface area contributed by atoms with Crippen molar-refractivity contribution >= 4 is 28.3 Å². The zero-order valence-electron chi connectivity index (χ0n) is 23.6. The highest BCUT2D eigenvalue weighted by molar-refractivity contribution is 6.13. The first-order valence-electron chi connectivity index (χ1n) is 14.1. The van der Waals surface area contributed by atoms with E-state index in [9.17, 15) is 14.9 Å². The summed E-state index contributed by atoms with van der Waals surface area (Å²) in [5, 5.41) is 13.1. The molecular weight excluding hydrogens is 498 g/mol. The molecule has 1 heterocycles. The lowest BCUT2D eigenvalue weighted by Crippen LogP contribution is -2.29. The number of amides is 1. The van der Waals surface area contributed by atoms with Crippen molar-refractivity contribution in [3.05, 3.63) is 77.4 Å². The highest BCUT2D eigenvalue weighted by atomic mass is 16.3. The highest BCUT2D eigenvalue weighted by Crippen LogP contribution is 2.44. The predicted molar refractivity (Wildman–Crippen MR) is 160 cm³/mol. The lowest BCUT2D eigenvalue weighted by atomic mass is 9.95. The van der Waals surface area contributed by atoms with Crippen LogP contribution in [0.15, 0.2) is 65.1 Å². The van der Waals surface area contributed by atoms with Crippen LogP contribution in [-0.4, -0.2) is 31.3 Å². The topological polar surface area (TPSA) is 86.3 Å². The second kappa shape index (κ2) is 11.0. The summed E-state index contributed by atoms with van der Waals surface area (Å²) in [5.74, 6) is 0.417. The van der Waals surface area contributed by atoms with E-state index in [0.717, 1.165) is 59.3 Å². The van der Waals surface area contributed by atoms with E-state index in [1.54, 1.807) is 6.07 Å². The van der Waals surface area contributed by atoms with Crippen molar-refractivity contribution in [2.75, 3.05) is 24.5 Å². The lowest BCUT2D eigenvalue weighted by Gasteiger charge is -2.24. The van der Waals surface area contributed by atoms with Gasteiger partial charge in [0.05, 0.1) is 17.0 Å². The van der Waals surface area contributed by atoms with Gasteiger partial charge in [-0.25, -0.2) is 0 Å². The minimum atomic E-state index is -0.410. The van der Waals surface area contributed by atoms with E-state index in [1.165, 1.54) is 0 Å². The average Bonchev–Trinajstić information content (AvgIpc) is 3.68. The van der Waals surface area contributed by atoms with Crippen molar-refractivity contribution in [1.82, 2.24) is 5.32 Å². The quantitative estimate of drug-likeness (QED) is 0.213. The number of benzene rings is 3. The van der Waals surface area contributed by atoms with Gasteiger partial charge >= 0.3 is 0 Å². The normalized spacial score (nSPS) is 13.6. The Kier molecular flexibility index (Phi) is 7.49. The van der Waals surface area contributed by atoms with Crippen molar-refractivity contribution in [2.45, 2.75) is 47.0 Å². The molecule has 0 unspecified atom stereocenters. The molecule has 0 saturated heterocycles. The third-order valence-electron chi connectivity index (χ3n) is 7.94. The van der Waals surface area contributed by atoms with Crippen LogP contribution in [0.1, 0.15) is 66.3 Å². The average molecular weight is 534 g/mol. The van der Waals surface area contributed by atoms with Crippen LogP contribution in [0.2, 0.25) is 0 Å². The first-order chi connectivity index (χ1) is 19.3. The van der Waals surface area contributed by atoms with E-state index in [4.69, 9.17) is 4.42 Å². The fraction of sp³-hybridized carbons (Fsp3) is 0.324. The summed E-state index contributed by atoms with van der Waals surface area (Å²) in [6.07, 6.45) is 2.01. The maximum absolute atomic E-state index is 13.3. The molecule has 1 fully saturated rings. The highest BCUT2D eigenvalue weighted by Gasteiger charge is 2.43. The summed E-state index contributed by atoms with van der Waals surface area (Å²) in [6.45, 7) is 10.1. The van der Waals surface area contributed by atoms with E-state index >= 15 is 0 Å². The first-order valence-corrected chi connectivity index (χ1v) is 14.1. The van der Waals surface area contributed by atoms with Gasteiger partial charge in [0.1, 0.15) is 11.3 Å². The molecule has 0 aliphatic heterocycles. The molecular formula is C34H35N3O3. The molecule has 40 heavy (non-hydrogen) atoms. The largest absolute Gasteiger partial charge is 0.455 e. The molecule has 5 rings (SSSR count). The Hall–Kier alpha value is -4.37. The van der Waals surface area contributed by atoms with Gasteiger partial charge < -0.3 is 14.6 Å². The Labute approximate surface area is 235 Å². The van der Waals surface area contributed by atoms with E-state index in [0.29, 0.717) is 35.4 Å². The second-order valence-electron chi connectivity index (χ2n) is 10.6. The summed E-state index contributed by atoms with van der Waals surface area (Å²) < 4.78 is 6.42. The fourth-order valence-electron chi connectivity index (χ4n) is 5.21. The monoisotopic (exact) mass is 533 g/mol. The van der Waals surface area contributed by atoms with Crippen LogP contribution >= 0.6 is 0 Å². The van der Waals surface area contributed by atoms with Gasteiger partial charge in [-0.3, -0.25) is 9.59 Å². The third kappa shape index (κ3) is 5.12. The van der Waals surface area contributed by atoms with Crippen LogP contribution < -0.4 is 10.2 Å². The van der Waals surface area contributed by atoms with Gasteiger partial charge in [0.15, 0.2) is 5.78 Å². The van der Waals surface area contributed by atoms with Crippen molar-refractivity contribution in [2.24, 2.45) is 5.41 Å². The van der Waals surface area contributed by atoms with Crippen molar-refractivity contribution < 1.29 is 14.0 Å². The lowest BCUT2D eigenvalue weighted by molar-refractivity contribution is 0.0947. The molecule has 1 aromatic heterocycles. The zero-order chi connectivity index (χ0) is 28.4.